The molecule has 0 aliphatic carbocycles. The van der Waals surface area contributed by atoms with Crippen LogP contribution in [-0.2, 0) is 0 Å². The van der Waals surface area contributed by atoms with E-state index in [9.17, 15) is 20.4 Å². The highest BCUT2D eigenvalue weighted by molar-refractivity contribution is 5.96. The summed E-state index contributed by atoms with van der Waals surface area (Å²) in [5, 5.41) is 40.8. The number of hydrogen-bond donors (Lipinski definition) is 4. The molecular formula is C28H20N2O4. The predicted molar refractivity (Wildman–Crippen MR) is 131 cm³/mol. The van der Waals surface area contributed by atoms with Crippen molar-refractivity contribution in [3.63, 3.8) is 0 Å². The summed E-state index contributed by atoms with van der Waals surface area (Å²) in [6.07, 6.45) is 1.79. The van der Waals surface area contributed by atoms with Gasteiger partial charge in [0.1, 0.15) is 28.7 Å². The van der Waals surface area contributed by atoms with E-state index in [4.69, 9.17) is 9.97 Å². The molecule has 0 atom stereocenters. The number of hydrogen-bond acceptors (Lipinski definition) is 6. The molecule has 4 N–H and O–H groups in total. The monoisotopic (exact) mass is 448 g/mol. The molecule has 0 radical (unpaired) electrons. The van der Waals surface area contributed by atoms with Crippen molar-refractivity contribution < 1.29 is 20.4 Å². The molecule has 0 fully saturated rings. The first-order valence-electron chi connectivity index (χ1n) is 10.6. The number of rotatable bonds is 4. The zero-order valence-electron chi connectivity index (χ0n) is 17.9. The Morgan fingerprint density at radius 1 is 0.618 bits per heavy atom. The highest BCUT2D eigenvalue weighted by Crippen LogP contribution is 2.38. The highest BCUT2D eigenvalue weighted by atomic mass is 16.3. The van der Waals surface area contributed by atoms with Crippen molar-refractivity contribution in [2.75, 3.05) is 0 Å². The van der Waals surface area contributed by atoms with Crippen LogP contribution in [0.5, 0.6) is 23.0 Å². The minimum absolute atomic E-state index is 0.0473. The quantitative estimate of drug-likeness (QED) is 0.281. The molecule has 0 aliphatic heterocycles. The number of para-hydroxylation sites is 2. The van der Waals surface area contributed by atoms with Gasteiger partial charge in [-0.15, -0.1) is 0 Å². The minimum atomic E-state index is -0.132. The second-order valence-corrected chi connectivity index (χ2v) is 7.77. The average Bonchev–Trinajstić information content (AvgIpc) is 2.83. The third kappa shape index (κ3) is 4.00. The Kier molecular flexibility index (Phi) is 5.32. The van der Waals surface area contributed by atoms with Crippen LogP contribution < -0.4 is 0 Å². The van der Waals surface area contributed by atoms with Gasteiger partial charge in [-0.05, 0) is 53.6 Å². The molecule has 6 nitrogen and oxygen atoms in total. The summed E-state index contributed by atoms with van der Waals surface area (Å²) in [4.78, 5) is 9.57. The van der Waals surface area contributed by atoms with Gasteiger partial charge in [-0.2, -0.15) is 0 Å². The molecule has 0 unspecified atom stereocenters. The minimum Gasteiger partial charge on any atom is -0.508 e. The third-order valence-corrected chi connectivity index (χ3v) is 5.47. The van der Waals surface area contributed by atoms with Crippen LogP contribution in [0, 0.1) is 0 Å². The van der Waals surface area contributed by atoms with Crippen LogP contribution >= 0.6 is 0 Å². The molecule has 5 aromatic rings. The Labute approximate surface area is 195 Å². The molecule has 0 aliphatic rings. The Balaban J connectivity index is 1.82. The number of aromatic hydroxyl groups is 4. The summed E-state index contributed by atoms with van der Waals surface area (Å²) in [5.74, 6) is -0.328. The summed E-state index contributed by atoms with van der Waals surface area (Å²) in [6.45, 7) is 0. The largest absolute Gasteiger partial charge is 0.508 e. The zero-order valence-corrected chi connectivity index (χ0v) is 17.9. The summed E-state index contributed by atoms with van der Waals surface area (Å²) >= 11 is 0. The maximum atomic E-state index is 10.6. The summed E-state index contributed by atoms with van der Waals surface area (Å²) in [6, 6.07) is 25.6. The number of fused-ring (bicyclic) bond motifs is 1. The van der Waals surface area contributed by atoms with Gasteiger partial charge in [-0.1, -0.05) is 42.5 Å². The van der Waals surface area contributed by atoms with Gasteiger partial charge in [0.15, 0.2) is 0 Å². The summed E-state index contributed by atoms with van der Waals surface area (Å²) in [7, 11) is 0. The molecule has 4 aromatic carbocycles. The lowest BCUT2D eigenvalue weighted by Gasteiger charge is -2.14. The normalized spacial score (nSPS) is 11.6. The average molecular weight is 448 g/mol. The molecular weight excluding hydrogens is 428 g/mol. The van der Waals surface area contributed by atoms with Crippen molar-refractivity contribution in [2.45, 2.75) is 0 Å². The van der Waals surface area contributed by atoms with Crippen molar-refractivity contribution in [2.24, 2.45) is 0 Å². The van der Waals surface area contributed by atoms with E-state index >= 15 is 0 Å². The Hall–Kier alpha value is -4.84. The highest BCUT2D eigenvalue weighted by Gasteiger charge is 2.17. The van der Waals surface area contributed by atoms with E-state index in [1.165, 1.54) is 24.3 Å². The van der Waals surface area contributed by atoms with E-state index < -0.39 is 0 Å². The van der Waals surface area contributed by atoms with Gasteiger partial charge >= 0.3 is 0 Å². The third-order valence-electron chi connectivity index (χ3n) is 5.47. The first kappa shape index (κ1) is 21.0. The number of nitrogens with zero attached hydrogens (tertiary/aromatic N) is 2. The Morgan fingerprint density at radius 3 is 1.91 bits per heavy atom. The molecule has 0 spiro atoms. The molecule has 0 amide bonds. The molecule has 34 heavy (non-hydrogen) atoms. The lowest BCUT2D eigenvalue weighted by molar-refractivity contribution is 0.449. The van der Waals surface area contributed by atoms with Crippen LogP contribution in [0.2, 0.25) is 0 Å². The topological polar surface area (TPSA) is 107 Å². The van der Waals surface area contributed by atoms with Crippen molar-refractivity contribution in [1.82, 2.24) is 9.97 Å². The van der Waals surface area contributed by atoms with Crippen LogP contribution in [0.4, 0.5) is 0 Å². The van der Waals surface area contributed by atoms with E-state index in [-0.39, 0.29) is 23.0 Å². The fraction of sp³-hybridized carbons (Fsp3) is 0. The van der Waals surface area contributed by atoms with E-state index in [2.05, 4.69) is 0 Å². The maximum absolute atomic E-state index is 10.6. The fourth-order valence-corrected chi connectivity index (χ4v) is 3.85. The Bertz CT molecular complexity index is 1550. The molecule has 1 aromatic heterocycles. The van der Waals surface area contributed by atoms with Gasteiger partial charge in [0.25, 0.3) is 0 Å². The van der Waals surface area contributed by atoms with Gasteiger partial charge in [0.2, 0.25) is 0 Å². The Morgan fingerprint density at radius 2 is 1.24 bits per heavy atom. The lowest BCUT2D eigenvalue weighted by atomic mass is 9.95. The van der Waals surface area contributed by atoms with Gasteiger partial charge < -0.3 is 20.4 Å². The first-order valence-corrected chi connectivity index (χ1v) is 10.6. The van der Waals surface area contributed by atoms with Gasteiger partial charge in [0.05, 0.1) is 16.7 Å². The molecule has 0 bridgehead atoms. The van der Waals surface area contributed by atoms with Crippen LogP contribution in [0.25, 0.3) is 33.9 Å². The van der Waals surface area contributed by atoms with Crippen LogP contribution in [0.15, 0.2) is 91.0 Å². The van der Waals surface area contributed by atoms with E-state index in [0.29, 0.717) is 39.1 Å². The SMILES string of the molecule is Oc1ccc(/C(=C\c2nc3ccccc3nc2-c2ccc(O)cc2O)c2ccccc2)c(O)c1. The van der Waals surface area contributed by atoms with Gasteiger partial charge in [-0.3, -0.25) is 0 Å². The molecule has 0 saturated carbocycles. The predicted octanol–water partition coefficient (Wildman–Crippen LogP) is 5.71. The smallest absolute Gasteiger partial charge is 0.128 e. The van der Waals surface area contributed by atoms with E-state index in [1.54, 1.807) is 18.2 Å². The first-order chi connectivity index (χ1) is 16.5. The second-order valence-electron chi connectivity index (χ2n) is 7.77. The second kappa shape index (κ2) is 8.60. The standard InChI is InChI=1S/C28H20N2O4/c31-18-10-12-20(26(33)14-18)22(17-6-2-1-3-7-17)16-25-28(21-13-11-19(32)15-27(21)34)30-24-9-5-4-8-23(24)29-25/h1-16,31-34H/b22-16-. The van der Waals surface area contributed by atoms with Crippen LogP contribution in [-0.4, -0.2) is 30.4 Å². The van der Waals surface area contributed by atoms with E-state index in [1.807, 2.05) is 54.6 Å². The number of phenolic OH excluding ortho intramolecular Hbond substituents is 4. The maximum Gasteiger partial charge on any atom is 0.128 e. The number of phenols is 4. The van der Waals surface area contributed by atoms with Gasteiger partial charge in [0, 0.05) is 23.3 Å². The summed E-state index contributed by atoms with van der Waals surface area (Å²) < 4.78 is 0. The van der Waals surface area contributed by atoms with E-state index in [0.717, 1.165) is 5.56 Å². The van der Waals surface area contributed by atoms with Crippen LogP contribution in [0.1, 0.15) is 16.8 Å². The fourth-order valence-electron chi connectivity index (χ4n) is 3.85. The van der Waals surface area contributed by atoms with Crippen molar-refractivity contribution in [1.29, 1.82) is 0 Å². The molecule has 0 saturated heterocycles. The van der Waals surface area contributed by atoms with Gasteiger partial charge in [-0.25, -0.2) is 9.97 Å². The summed E-state index contributed by atoms with van der Waals surface area (Å²) in [5.41, 5.74) is 4.58. The molecule has 5 rings (SSSR count). The zero-order chi connectivity index (χ0) is 23.7. The number of benzene rings is 4. The van der Waals surface area contributed by atoms with Crippen molar-refractivity contribution in [3.8, 4) is 34.3 Å². The van der Waals surface area contributed by atoms with Crippen molar-refractivity contribution in [3.05, 3.63) is 108 Å². The van der Waals surface area contributed by atoms with Crippen molar-refractivity contribution >= 4 is 22.7 Å². The number of aromatic nitrogens is 2. The molecule has 1 heterocycles. The van der Waals surface area contributed by atoms with Crippen LogP contribution in [0.3, 0.4) is 0 Å². The lowest BCUT2D eigenvalue weighted by Crippen LogP contribution is -1.97. The molecule has 6 heteroatoms. The molecule has 166 valence electrons.